The fourth-order valence-corrected chi connectivity index (χ4v) is 4.08. The number of fused-ring (bicyclic) bond motifs is 1. The van der Waals surface area contributed by atoms with Crippen LogP contribution in [0.15, 0.2) is 47.8 Å². The molecule has 1 N–H and O–H groups in total. The predicted octanol–water partition coefficient (Wildman–Crippen LogP) is 6.13. The molecule has 0 aliphatic carbocycles. The highest BCUT2D eigenvalue weighted by atomic mass is 35.5. The highest BCUT2D eigenvalue weighted by Gasteiger charge is 2.06. The van der Waals surface area contributed by atoms with Gasteiger partial charge in [0.05, 0.1) is 20.9 Å². The molecule has 2 aromatic carbocycles. The number of benzene rings is 2. The number of halogens is 1. The topological polar surface area (TPSA) is 37.8 Å². The van der Waals surface area contributed by atoms with Gasteiger partial charge in [0.15, 0.2) is 5.13 Å². The van der Waals surface area contributed by atoms with Gasteiger partial charge in [-0.1, -0.05) is 35.1 Å². The van der Waals surface area contributed by atoms with E-state index in [1.165, 1.54) is 0 Å². The molecule has 2 heterocycles. The van der Waals surface area contributed by atoms with Crippen molar-refractivity contribution in [3.63, 3.8) is 0 Å². The van der Waals surface area contributed by atoms with Gasteiger partial charge in [-0.05, 0) is 37.3 Å². The van der Waals surface area contributed by atoms with Gasteiger partial charge in [-0.15, -0.1) is 11.3 Å². The lowest BCUT2D eigenvalue weighted by Crippen LogP contribution is -1.89. The van der Waals surface area contributed by atoms with Crippen LogP contribution >= 0.6 is 34.3 Å². The maximum absolute atomic E-state index is 6.02. The number of anilines is 2. The lowest BCUT2D eigenvalue weighted by molar-refractivity contribution is 1.30. The third-order valence-electron chi connectivity index (χ3n) is 3.40. The zero-order chi connectivity index (χ0) is 15.8. The van der Waals surface area contributed by atoms with E-state index in [1.54, 1.807) is 22.7 Å². The first-order valence-electron chi connectivity index (χ1n) is 7.03. The molecule has 114 valence electrons. The number of hydrogen-bond acceptors (Lipinski definition) is 5. The summed E-state index contributed by atoms with van der Waals surface area (Å²) in [7, 11) is 0. The van der Waals surface area contributed by atoms with Gasteiger partial charge in [0.25, 0.3) is 0 Å². The lowest BCUT2D eigenvalue weighted by Gasteiger charge is -2.03. The summed E-state index contributed by atoms with van der Waals surface area (Å²) in [5.74, 6) is 0. The predicted molar refractivity (Wildman–Crippen MR) is 100 cm³/mol. The minimum atomic E-state index is 0.732. The minimum absolute atomic E-state index is 0.732. The number of thiazole rings is 2. The summed E-state index contributed by atoms with van der Waals surface area (Å²) in [5.41, 5.74) is 4.10. The molecule has 4 aromatic rings. The van der Waals surface area contributed by atoms with Gasteiger partial charge in [-0.25, -0.2) is 9.97 Å². The van der Waals surface area contributed by atoms with Crippen molar-refractivity contribution >= 4 is 55.3 Å². The number of aromatic nitrogens is 2. The van der Waals surface area contributed by atoms with Crippen molar-refractivity contribution in [3.05, 3.63) is 57.9 Å². The highest BCUT2D eigenvalue weighted by molar-refractivity contribution is 7.22. The van der Waals surface area contributed by atoms with Gasteiger partial charge in [-0.2, -0.15) is 0 Å². The van der Waals surface area contributed by atoms with E-state index in [-0.39, 0.29) is 0 Å². The summed E-state index contributed by atoms with van der Waals surface area (Å²) < 4.78 is 1.08. The Balaban J connectivity index is 1.58. The molecule has 0 bridgehead atoms. The van der Waals surface area contributed by atoms with E-state index < -0.39 is 0 Å². The van der Waals surface area contributed by atoms with E-state index >= 15 is 0 Å². The second-order valence-electron chi connectivity index (χ2n) is 5.09. The fourth-order valence-electron chi connectivity index (χ4n) is 2.30. The average molecular weight is 358 g/mol. The van der Waals surface area contributed by atoms with Crippen molar-refractivity contribution in [2.24, 2.45) is 0 Å². The minimum Gasteiger partial charge on any atom is -0.332 e. The van der Waals surface area contributed by atoms with E-state index in [4.69, 9.17) is 11.6 Å². The van der Waals surface area contributed by atoms with Crippen LogP contribution in [0.4, 0.5) is 10.8 Å². The average Bonchev–Trinajstić information content (AvgIpc) is 3.13. The summed E-state index contributed by atoms with van der Waals surface area (Å²) >= 11 is 9.28. The Hall–Kier alpha value is -1.95. The Labute approximate surface area is 146 Å². The molecule has 0 fully saturated rings. The Morgan fingerprint density at radius 3 is 2.61 bits per heavy atom. The van der Waals surface area contributed by atoms with Gasteiger partial charge in [0, 0.05) is 21.7 Å². The van der Waals surface area contributed by atoms with Crippen LogP contribution in [0.25, 0.3) is 21.5 Å². The van der Waals surface area contributed by atoms with Crippen molar-refractivity contribution in [1.82, 2.24) is 9.97 Å². The first-order valence-corrected chi connectivity index (χ1v) is 9.10. The smallest absolute Gasteiger partial charge is 0.188 e. The number of hydrogen-bond donors (Lipinski definition) is 1. The van der Waals surface area contributed by atoms with Crippen molar-refractivity contribution < 1.29 is 0 Å². The van der Waals surface area contributed by atoms with Gasteiger partial charge < -0.3 is 5.32 Å². The van der Waals surface area contributed by atoms with Crippen molar-refractivity contribution in [3.8, 4) is 11.3 Å². The molecule has 0 aliphatic heterocycles. The third-order valence-corrected chi connectivity index (χ3v) is 5.34. The Kier molecular flexibility index (Phi) is 3.77. The molecule has 2 aromatic heterocycles. The second-order valence-corrected chi connectivity index (χ2v) is 7.61. The van der Waals surface area contributed by atoms with Gasteiger partial charge in [0.2, 0.25) is 0 Å². The summed E-state index contributed by atoms with van der Waals surface area (Å²) in [6.07, 6.45) is 0. The van der Waals surface area contributed by atoms with Crippen LogP contribution < -0.4 is 5.32 Å². The first kappa shape index (κ1) is 14.6. The molecule has 0 saturated heterocycles. The van der Waals surface area contributed by atoms with Crippen LogP contribution in [0, 0.1) is 6.92 Å². The third kappa shape index (κ3) is 3.08. The Morgan fingerprint density at radius 2 is 1.87 bits per heavy atom. The van der Waals surface area contributed by atoms with E-state index in [0.29, 0.717) is 0 Å². The van der Waals surface area contributed by atoms with Crippen molar-refractivity contribution in [2.45, 2.75) is 6.92 Å². The van der Waals surface area contributed by atoms with E-state index in [2.05, 4.69) is 32.8 Å². The summed E-state index contributed by atoms with van der Waals surface area (Å²) in [4.78, 5) is 9.08. The Morgan fingerprint density at radius 1 is 1.04 bits per heavy atom. The van der Waals surface area contributed by atoms with E-state index in [0.717, 1.165) is 42.3 Å². The quantitative estimate of drug-likeness (QED) is 0.479. The second kappa shape index (κ2) is 5.92. The maximum atomic E-state index is 6.02. The summed E-state index contributed by atoms with van der Waals surface area (Å²) in [6.45, 7) is 2.02. The molecule has 0 saturated carbocycles. The molecule has 23 heavy (non-hydrogen) atoms. The van der Waals surface area contributed by atoms with Crippen LogP contribution in [-0.2, 0) is 0 Å². The lowest BCUT2D eigenvalue weighted by atomic mass is 10.1. The Bertz CT molecular complexity index is 973. The largest absolute Gasteiger partial charge is 0.332 e. The van der Waals surface area contributed by atoms with Gasteiger partial charge in [0.1, 0.15) is 0 Å². The van der Waals surface area contributed by atoms with Gasteiger partial charge >= 0.3 is 0 Å². The molecule has 3 nitrogen and oxygen atoms in total. The number of nitrogens with zero attached hydrogens (tertiary/aromatic N) is 2. The molecule has 0 radical (unpaired) electrons. The molecular formula is C17H12ClN3S2. The summed E-state index contributed by atoms with van der Waals surface area (Å²) in [6, 6.07) is 14.0. The zero-order valence-corrected chi connectivity index (χ0v) is 14.6. The molecule has 0 atom stereocenters. The zero-order valence-electron chi connectivity index (χ0n) is 12.2. The van der Waals surface area contributed by atoms with Crippen LogP contribution in [0.2, 0.25) is 5.02 Å². The number of nitrogens with one attached hydrogen (secondary N) is 1. The maximum Gasteiger partial charge on any atom is 0.188 e. The van der Waals surface area contributed by atoms with Crippen molar-refractivity contribution in [2.75, 3.05) is 5.32 Å². The normalized spacial score (nSPS) is 11.0. The van der Waals surface area contributed by atoms with Crippen LogP contribution in [0.5, 0.6) is 0 Å². The molecule has 0 spiro atoms. The molecule has 0 amide bonds. The highest BCUT2D eigenvalue weighted by Crippen LogP contribution is 2.31. The molecule has 6 heteroatoms. The van der Waals surface area contributed by atoms with Gasteiger partial charge in [-0.3, -0.25) is 0 Å². The molecule has 0 unspecified atom stereocenters. The van der Waals surface area contributed by atoms with E-state index in [1.807, 2.05) is 37.3 Å². The van der Waals surface area contributed by atoms with Crippen LogP contribution in [0.3, 0.4) is 0 Å². The van der Waals surface area contributed by atoms with Crippen LogP contribution in [0.1, 0.15) is 5.01 Å². The number of aryl methyl sites for hydroxylation is 1. The van der Waals surface area contributed by atoms with Crippen LogP contribution in [-0.4, -0.2) is 9.97 Å². The SMILES string of the molecule is Cc1nc(-c2ccc(Nc3nc4ccc(Cl)cc4s3)cc2)cs1. The molecular weight excluding hydrogens is 346 g/mol. The summed E-state index contributed by atoms with van der Waals surface area (Å²) in [5, 5.41) is 8.09. The van der Waals surface area contributed by atoms with E-state index in [9.17, 15) is 0 Å². The fraction of sp³-hybridized carbons (Fsp3) is 0.0588. The van der Waals surface area contributed by atoms with Crippen molar-refractivity contribution in [1.29, 1.82) is 0 Å². The first-order chi connectivity index (χ1) is 11.2. The molecule has 4 rings (SSSR count). The number of rotatable bonds is 3. The standard InChI is InChI=1S/C17H12ClN3S2/c1-10-19-15(9-22-10)11-2-5-13(6-3-11)20-17-21-14-7-4-12(18)8-16(14)23-17/h2-9H,1H3,(H,20,21). The monoisotopic (exact) mass is 357 g/mol. The molecule has 0 aliphatic rings.